The molecular formula is C11H18N2O3S. The highest BCUT2D eigenvalue weighted by molar-refractivity contribution is 8.00. The Hall–Kier alpha value is -0.910. The third kappa shape index (κ3) is 2.36. The van der Waals surface area contributed by atoms with Crippen LogP contribution in [0.3, 0.4) is 0 Å². The first-order valence-electron chi connectivity index (χ1n) is 5.88. The molecule has 0 radical (unpaired) electrons. The molecule has 17 heavy (non-hydrogen) atoms. The fourth-order valence-corrected chi connectivity index (χ4v) is 3.46. The molecule has 2 fully saturated rings. The van der Waals surface area contributed by atoms with E-state index in [1.807, 2.05) is 13.8 Å². The van der Waals surface area contributed by atoms with Crippen molar-refractivity contribution < 1.29 is 14.7 Å². The van der Waals surface area contributed by atoms with E-state index in [0.29, 0.717) is 5.75 Å². The van der Waals surface area contributed by atoms with Crippen LogP contribution in [0.15, 0.2) is 0 Å². The first-order valence-corrected chi connectivity index (χ1v) is 6.93. The van der Waals surface area contributed by atoms with Crippen LogP contribution in [0.5, 0.6) is 0 Å². The van der Waals surface area contributed by atoms with Gasteiger partial charge in [-0.2, -0.15) is 0 Å². The molecule has 96 valence electrons. The fourth-order valence-electron chi connectivity index (χ4n) is 2.30. The summed E-state index contributed by atoms with van der Waals surface area (Å²) in [5.41, 5.74) is -0.132. The van der Waals surface area contributed by atoms with Crippen molar-refractivity contribution in [2.75, 3.05) is 5.75 Å². The van der Waals surface area contributed by atoms with Gasteiger partial charge >= 0.3 is 12.0 Å². The van der Waals surface area contributed by atoms with Crippen molar-refractivity contribution in [3.8, 4) is 0 Å². The zero-order chi connectivity index (χ0) is 12.6. The van der Waals surface area contributed by atoms with E-state index in [0.717, 1.165) is 19.3 Å². The summed E-state index contributed by atoms with van der Waals surface area (Å²) in [7, 11) is 0. The molecule has 2 atom stereocenters. The molecule has 1 aliphatic carbocycles. The van der Waals surface area contributed by atoms with Crippen LogP contribution in [0.1, 0.15) is 33.1 Å². The van der Waals surface area contributed by atoms with Crippen LogP contribution in [0, 0.1) is 0 Å². The normalized spacial score (nSPS) is 30.8. The lowest BCUT2D eigenvalue weighted by molar-refractivity contribution is -0.141. The number of urea groups is 1. The topological polar surface area (TPSA) is 69.6 Å². The van der Waals surface area contributed by atoms with Gasteiger partial charge in [-0.15, -0.1) is 11.8 Å². The molecular weight excluding hydrogens is 240 g/mol. The third-order valence-corrected chi connectivity index (χ3v) is 4.83. The fraction of sp³-hybridized carbons (Fsp3) is 0.818. The molecule has 2 amide bonds. The molecule has 0 aromatic heterocycles. The maximum Gasteiger partial charge on any atom is 0.327 e. The number of nitrogens with one attached hydrogen (secondary N) is 1. The molecule has 0 bridgehead atoms. The minimum Gasteiger partial charge on any atom is -0.480 e. The van der Waals surface area contributed by atoms with Gasteiger partial charge in [0.1, 0.15) is 6.04 Å². The Kier molecular flexibility index (Phi) is 3.25. The molecule has 2 aliphatic rings. The van der Waals surface area contributed by atoms with Gasteiger partial charge in [0.05, 0.1) is 5.37 Å². The summed E-state index contributed by atoms with van der Waals surface area (Å²) >= 11 is 1.51. The SMILES string of the molecule is CC1SCC(C(=O)O)N1C(=O)NC1(C)CCC1. The first-order chi connectivity index (χ1) is 7.93. The number of hydrogen-bond acceptors (Lipinski definition) is 3. The van der Waals surface area contributed by atoms with Crippen molar-refractivity contribution in [1.82, 2.24) is 10.2 Å². The second-order valence-electron chi connectivity index (χ2n) is 5.04. The Balaban J connectivity index is 2.03. The lowest BCUT2D eigenvalue weighted by Gasteiger charge is -2.41. The highest BCUT2D eigenvalue weighted by atomic mass is 32.2. The number of aliphatic carboxylic acids is 1. The Labute approximate surface area is 105 Å². The lowest BCUT2D eigenvalue weighted by Crippen LogP contribution is -2.58. The van der Waals surface area contributed by atoms with Crippen molar-refractivity contribution in [2.24, 2.45) is 0 Å². The number of carbonyl (C=O) groups excluding carboxylic acids is 1. The quantitative estimate of drug-likeness (QED) is 0.787. The number of thioether (sulfide) groups is 1. The van der Waals surface area contributed by atoms with E-state index in [1.165, 1.54) is 16.7 Å². The van der Waals surface area contributed by atoms with Crippen LogP contribution in [0.4, 0.5) is 4.79 Å². The molecule has 0 spiro atoms. The largest absolute Gasteiger partial charge is 0.480 e. The first kappa shape index (κ1) is 12.5. The van der Waals surface area contributed by atoms with Crippen LogP contribution in [0.2, 0.25) is 0 Å². The summed E-state index contributed by atoms with van der Waals surface area (Å²) in [4.78, 5) is 24.6. The van der Waals surface area contributed by atoms with Gasteiger partial charge in [-0.1, -0.05) is 0 Å². The van der Waals surface area contributed by atoms with Crippen LogP contribution in [0.25, 0.3) is 0 Å². The van der Waals surface area contributed by atoms with Gasteiger partial charge in [-0.05, 0) is 33.1 Å². The van der Waals surface area contributed by atoms with Crippen LogP contribution in [-0.4, -0.2) is 44.7 Å². The van der Waals surface area contributed by atoms with Gasteiger partial charge in [0, 0.05) is 11.3 Å². The number of carboxylic acids is 1. The average molecular weight is 258 g/mol. The van der Waals surface area contributed by atoms with E-state index in [-0.39, 0.29) is 16.9 Å². The molecule has 1 aliphatic heterocycles. The average Bonchev–Trinajstić information content (AvgIpc) is 2.57. The summed E-state index contributed by atoms with van der Waals surface area (Å²) < 4.78 is 0. The van der Waals surface area contributed by atoms with Crippen molar-refractivity contribution in [3.63, 3.8) is 0 Å². The number of rotatable bonds is 2. The number of hydrogen-bond donors (Lipinski definition) is 2. The summed E-state index contributed by atoms with van der Waals surface area (Å²) in [5.74, 6) is -0.448. The van der Waals surface area contributed by atoms with Gasteiger partial charge in [0.2, 0.25) is 0 Å². The summed E-state index contributed by atoms with van der Waals surface area (Å²) in [6, 6.07) is -0.934. The standard InChI is InChI=1S/C11H18N2O3S/c1-7-13(8(6-17-7)9(14)15)10(16)12-11(2)4-3-5-11/h7-8H,3-6H2,1-2H3,(H,12,16)(H,14,15). The van der Waals surface area contributed by atoms with Gasteiger partial charge in [-0.25, -0.2) is 9.59 Å². The van der Waals surface area contributed by atoms with E-state index in [4.69, 9.17) is 5.11 Å². The Morgan fingerprint density at radius 1 is 1.47 bits per heavy atom. The van der Waals surface area contributed by atoms with Crippen LogP contribution in [-0.2, 0) is 4.79 Å². The summed E-state index contributed by atoms with van der Waals surface area (Å²) in [6.45, 7) is 3.88. The van der Waals surface area contributed by atoms with Crippen LogP contribution < -0.4 is 5.32 Å². The molecule has 5 nitrogen and oxygen atoms in total. The van der Waals surface area contributed by atoms with Crippen LogP contribution >= 0.6 is 11.8 Å². The predicted octanol–water partition coefficient (Wildman–Crippen LogP) is 1.49. The zero-order valence-corrected chi connectivity index (χ0v) is 10.9. The zero-order valence-electron chi connectivity index (χ0n) is 10.1. The molecule has 1 saturated carbocycles. The monoisotopic (exact) mass is 258 g/mol. The van der Waals surface area contributed by atoms with Gasteiger partial charge < -0.3 is 10.4 Å². The summed E-state index contributed by atoms with van der Waals surface area (Å²) in [5, 5.41) is 12.0. The van der Waals surface area contributed by atoms with Gasteiger partial charge in [0.15, 0.2) is 0 Å². The predicted molar refractivity (Wildman–Crippen MR) is 66.0 cm³/mol. The van der Waals surface area contributed by atoms with E-state index >= 15 is 0 Å². The smallest absolute Gasteiger partial charge is 0.327 e. The maximum atomic E-state index is 12.1. The van der Waals surface area contributed by atoms with Gasteiger partial charge in [0.25, 0.3) is 0 Å². The Morgan fingerprint density at radius 3 is 2.59 bits per heavy atom. The molecule has 0 aromatic carbocycles. The maximum absolute atomic E-state index is 12.1. The number of nitrogens with zero attached hydrogens (tertiary/aromatic N) is 1. The van der Waals surface area contributed by atoms with Crippen molar-refractivity contribution >= 4 is 23.8 Å². The third-order valence-electron chi connectivity index (χ3n) is 3.61. The van der Waals surface area contributed by atoms with E-state index in [1.54, 1.807) is 0 Å². The minimum absolute atomic E-state index is 0.0697. The van der Waals surface area contributed by atoms with Crippen molar-refractivity contribution in [3.05, 3.63) is 0 Å². The molecule has 0 aromatic rings. The lowest BCUT2D eigenvalue weighted by atomic mass is 9.79. The number of amides is 2. The van der Waals surface area contributed by atoms with E-state index < -0.39 is 12.0 Å². The Bertz CT molecular complexity index is 344. The second-order valence-corrected chi connectivity index (χ2v) is 6.39. The number of carboxylic acid groups (broad SMARTS) is 1. The van der Waals surface area contributed by atoms with E-state index in [9.17, 15) is 9.59 Å². The Morgan fingerprint density at radius 2 is 2.12 bits per heavy atom. The van der Waals surface area contributed by atoms with Crippen molar-refractivity contribution in [2.45, 2.75) is 50.1 Å². The van der Waals surface area contributed by atoms with E-state index in [2.05, 4.69) is 5.32 Å². The highest BCUT2D eigenvalue weighted by Crippen LogP contribution is 2.33. The molecule has 1 saturated heterocycles. The molecule has 2 rings (SSSR count). The van der Waals surface area contributed by atoms with Gasteiger partial charge in [-0.3, -0.25) is 4.90 Å². The second kappa shape index (κ2) is 4.40. The highest BCUT2D eigenvalue weighted by Gasteiger charge is 2.42. The molecule has 2 unspecified atom stereocenters. The number of carbonyl (C=O) groups is 2. The molecule has 6 heteroatoms. The van der Waals surface area contributed by atoms with Crippen molar-refractivity contribution in [1.29, 1.82) is 0 Å². The summed E-state index contributed by atoms with van der Waals surface area (Å²) in [6.07, 6.45) is 3.08. The minimum atomic E-state index is -0.921. The molecule has 1 heterocycles. The molecule has 2 N–H and O–H groups in total.